The zero-order valence-corrected chi connectivity index (χ0v) is 19.5. The van der Waals surface area contributed by atoms with Gasteiger partial charge in [-0.2, -0.15) is 13.2 Å². The Balaban J connectivity index is 1.67. The van der Waals surface area contributed by atoms with Crippen LogP contribution in [-0.4, -0.2) is 16.2 Å². The maximum Gasteiger partial charge on any atom is 0.416 e. The number of nitrogens with zero attached hydrogens (tertiary/aromatic N) is 1. The van der Waals surface area contributed by atoms with Crippen molar-refractivity contribution in [2.45, 2.75) is 58.5 Å². The van der Waals surface area contributed by atoms with E-state index in [9.17, 15) is 23.1 Å². The molecule has 0 aliphatic carbocycles. The van der Waals surface area contributed by atoms with E-state index in [4.69, 9.17) is 4.52 Å². The molecule has 4 aromatic rings. The van der Waals surface area contributed by atoms with E-state index in [0.29, 0.717) is 28.7 Å². The highest BCUT2D eigenvalue weighted by molar-refractivity contribution is 7.19. The largest absolute Gasteiger partial charge is 0.481 e. The molecule has 0 aliphatic rings. The summed E-state index contributed by atoms with van der Waals surface area (Å²) >= 11 is 1.40. The molecule has 2 heterocycles. The molecule has 0 amide bonds. The normalized spacial score (nSPS) is 13.3. The van der Waals surface area contributed by atoms with Crippen molar-refractivity contribution in [2.75, 3.05) is 0 Å². The summed E-state index contributed by atoms with van der Waals surface area (Å²) in [6, 6.07) is 7.59. The third-order valence-corrected chi connectivity index (χ3v) is 7.30. The Kier molecular flexibility index (Phi) is 5.99. The van der Waals surface area contributed by atoms with Crippen molar-refractivity contribution >= 4 is 38.4 Å². The van der Waals surface area contributed by atoms with Gasteiger partial charge in [-0.05, 0) is 78.9 Å². The lowest BCUT2D eigenvalue weighted by atomic mass is 9.94. The Hall–Kier alpha value is -2.87. The number of hydrogen-bond acceptors (Lipinski definition) is 4. The van der Waals surface area contributed by atoms with E-state index in [-0.39, 0.29) is 5.92 Å². The summed E-state index contributed by atoms with van der Waals surface area (Å²) in [5.41, 5.74) is 3.27. The molecule has 8 heteroatoms. The SMILES string of the molecule is Cc1cc2c(CCc3sc4cc(C(F)(F)F)ccc4c3C(C)C)noc2cc1C(C)C(=O)O. The zero-order chi connectivity index (χ0) is 24.1. The van der Waals surface area contributed by atoms with Crippen molar-refractivity contribution in [2.24, 2.45) is 0 Å². The molecule has 0 radical (unpaired) electrons. The molecular formula is C25H24F3NO3S. The van der Waals surface area contributed by atoms with E-state index in [0.717, 1.165) is 38.5 Å². The number of alkyl halides is 3. The van der Waals surface area contributed by atoms with Crippen LogP contribution in [0.25, 0.3) is 21.1 Å². The Morgan fingerprint density at radius 1 is 1.12 bits per heavy atom. The molecule has 0 spiro atoms. The van der Waals surface area contributed by atoms with Gasteiger partial charge >= 0.3 is 12.1 Å². The first-order valence-corrected chi connectivity index (χ1v) is 11.5. The summed E-state index contributed by atoms with van der Waals surface area (Å²) in [6.07, 6.45) is -3.17. The third kappa shape index (κ3) is 4.36. The summed E-state index contributed by atoms with van der Waals surface area (Å²) in [5.74, 6) is -1.39. The van der Waals surface area contributed by atoms with Crippen molar-refractivity contribution in [3.05, 3.63) is 63.2 Å². The number of carbonyl (C=O) groups is 1. The van der Waals surface area contributed by atoms with E-state index in [1.807, 2.05) is 26.8 Å². The predicted octanol–water partition coefficient (Wildman–Crippen LogP) is 7.47. The topological polar surface area (TPSA) is 63.3 Å². The highest BCUT2D eigenvalue weighted by atomic mass is 32.1. The number of thiophene rings is 1. The van der Waals surface area contributed by atoms with Crippen LogP contribution in [0.4, 0.5) is 13.2 Å². The highest BCUT2D eigenvalue weighted by Crippen LogP contribution is 2.40. The van der Waals surface area contributed by atoms with Crippen LogP contribution in [0.5, 0.6) is 0 Å². The van der Waals surface area contributed by atoms with Gasteiger partial charge in [0.2, 0.25) is 0 Å². The first kappa shape index (κ1) is 23.3. The standard InChI is InChI=1S/C25H24F3NO3S/c1-12(2)23-16-6-5-15(25(26,27)28)10-22(16)33-21(23)8-7-19-18-9-13(3)17(14(4)24(30)31)11-20(18)32-29-19/h5-6,9-12,14H,7-8H2,1-4H3,(H,30,31). The van der Waals surface area contributed by atoms with Gasteiger partial charge in [0, 0.05) is 15.0 Å². The van der Waals surface area contributed by atoms with Gasteiger partial charge < -0.3 is 9.63 Å². The Morgan fingerprint density at radius 3 is 2.48 bits per heavy atom. The quantitative estimate of drug-likeness (QED) is 0.314. The summed E-state index contributed by atoms with van der Waals surface area (Å²) in [6.45, 7) is 7.59. The molecule has 33 heavy (non-hydrogen) atoms. The molecule has 0 saturated carbocycles. The predicted molar refractivity (Wildman–Crippen MR) is 123 cm³/mol. The number of halogens is 3. The summed E-state index contributed by atoms with van der Waals surface area (Å²) in [5, 5.41) is 15.2. The van der Waals surface area contributed by atoms with Crippen LogP contribution < -0.4 is 0 Å². The number of aryl methyl sites for hydroxylation is 3. The van der Waals surface area contributed by atoms with Gasteiger partial charge in [0.25, 0.3) is 0 Å². The van der Waals surface area contributed by atoms with Crippen molar-refractivity contribution in [3.63, 3.8) is 0 Å². The van der Waals surface area contributed by atoms with Gasteiger partial charge in [-0.1, -0.05) is 25.1 Å². The molecule has 2 aromatic carbocycles. The molecule has 1 N–H and O–H groups in total. The minimum Gasteiger partial charge on any atom is -0.481 e. The number of carboxylic acids is 1. The first-order valence-electron chi connectivity index (χ1n) is 10.7. The maximum absolute atomic E-state index is 13.2. The van der Waals surface area contributed by atoms with Crippen molar-refractivity contribution in [1.82, 2.24) is 5.16 Å². The van der Waals surface area contributed by atoms with Crippen LogP contribution >= 0.6 is 11.3 Å². The van der Waals surface area contributed by atoms with Crippen LogP contribution in [0.3, 0.4) is 0 Å². The van der Waals surface area contributed by atoms with Crippen LogP contribution in [0.2, 0.25) is 0 Å². The van der Waals surface area contributed by atoms with Crippen LogP contribution in [0.1, 0.15) is 65.4 Å². The average molecular weight is 476 g/mol. The fourth-order valence-corrected chi connectivity index (χ4v) is 5.73. The van der Waals surface area contributed by atoms with Crippen molar-refractivity contribution in [1.29, 1.82) is 0 Å². The number of benzene rings is 2. The summed E-state index contributed by atoms with van der Waals surface area (Å²) < 4.78 is 45.6. The second-order valence-electron chi connectivity index (χ2n) is 8.70. The molecule has 2 aromatic heterocycles. The minimum absolute atomic E-state index is 0.168. The number of fused-ring (bicyclic) bond motifs is 2. The smallest absolute Gasteiger partial charge is 0.416 e. The average Bonchev–Trinajstić information content (AvgIpc) is 3.30. The molecule has 174 valence electrons. The Morgan fingerprint density at radius 2 is 1.85 bits per heavy atom. The number of carboxylic acid groups (broad SMARTS) is 1. The number of hydrogen-bond donors (Lipinski definition) is 1. The van der Waals surface area contributed by atoms with E-state index in [1.165, 1.54) is 17.4 Å². The van der Waals surface area contributed by atoms with E-state index < -0.39 is 23.6 Å². The van der Waals surface area contributed by atoms with Gasteiger partial charge in [-0.25, -0.2) is 0 Å². The monoisotopic (exact) mass is 475 g/mol. The fraction of sp³-hybridized carbons (Fsp3) is 0.360. The Bertz CT molecular complexity index is 1350. The summed E-state index contributed by atoms with van der Waals surface area (Å²) in [7, 11) is 0. The van der Waals surface area contributed by atoms with Gasteiger partial charge in [-0.15, -0.1) is 11.3 Å². The molecule has 4 nitrogen and oxygen atoms in total. The van der Waals surface area contributed by atoms with E-state index in [1.54, 1.807) is 19.1 Å². The fourth-order valence-electron chi connectivity index (χ4n) is 4.33. The molecule has 0 fully saturated rings. The lowest BCUT2D eigenvalue weighted by molar-refractivity contribution is -0.138. The Labute approximate surface area is 193 Å². The molecule has 4 rings (SSSR count). The second kappa shape index (κ2) is 8.48. The van der Waals surface area contributed by atoms with Crippen molar-refractivity contribution < 1.29 is 27.6 Å². The third-order valence-electron chi connectivity index (χ3n) is 6.07. The van der Waals surface area contributed by atoms with Gasteiger partial charge in [-0.3, -0.25) is 4.79 Å². The van der Waals surface area contributed by atoms with Crippen LogP contribution in [0, 0.1) is 6.92 Å². The lowest BCUT2D eigenvalue weighted by Gasteiger charge is -2.10. The minimum atomic E-state index is -4.37. The van der Waals surface area contributed by atoms with Crippen LogP contribution in [-0.2, 0) is 23.8 Å². The molecule has 1 atom stereocenters. The highest BCUT2D eigenvalue weighted by Gasteiger charge is 2.31. The zero-order valence-electron chi connectivity index (χ0n) is 18.7. The second-order valence-corrected chi connectivity index (χ2v) is 9.83. The number of aromatic nitrogens is 1. The van der Waals surface area contributed by atoms with Gasteiger partial charge in [0.05, 0.1) is 17.2 Å². The molecule has 0 saturated heterocycles. The van der Waals surface area contributed by atoms with Crippen LogP contribution in [0.15, 0.2) is 34.9 Å². The molecule has 0 bridgehead atoms. The van der Waals surface area contributed by atoms with E-state index in [2.05, 4.69) is 5.16 Å². The first-order chi connectivity index (χ1) is 15.5. The van der Waals surface area contributed by atoms with E-state index >= 15 is 0 Å². The molecule has 1 unspecified atom stereocenters. The molecule has 0 aliphatic heterocycles. The maximum atomic E-state index is 13.2. The number of rotatable bonds is 6. The lowest BCUT2D eigenvalue weighted by Crippen LogP contribution is -2.08. The molecular weight excluding hydrogens is 451 g/mol. The summed E-state index contributed by atoms with van der Waals surface area (Å²) in [4.78, 5) is 12.4. The van der Waals surface area contributed by atoms with Crippen molar-refractivity contribution in [3.8, 4) is 0 Å². The van der Waals surface area contributed by atoms with Gasteiger partial charge in [0.15, 0.2) is 5.58 Å². The van der Waals surface area contributed by atoms with Gasteiger partial charge in [0.1, 0.15) is 0 Å². The number of aliphatic carboxylic acids is 1.